The Morgan fingerprint density at radius 3 is 2.43 bits per heavy atom. The Bertz CT molecular complexity index is 529. The number of para-hydroxylation sites is 1. The SMILES string of the molecule is CCNC(=NCCCOc1ccccc1)NCCCCN1CCN(CC)CC1. The third-order valence-electron chi connectivity index (χ3n) is 5.03. The number of guanidine groups is 1. The molecule has 1 saturated heterocycles. The molecule has 0 amide bonds. The number of hydrogen-bond donors (Lipinski definition) is 2. The highest BCUT2D eigenvalue weighted by Gasteiger charge is 2.14. The first kappa shape index (κ1) is 22.5. The van der Waals surface area contributed by atoms with E-state index in [9.17, 15) is 0 Å². The molecular formula is C22H39N5O. The van der Waals surface area contributed by atoms with Crippen LogP contribution in [-0.4, -0.2) is 81.3 Å². The van der Waals surface area contributed by atoms with Gasteiger partial charge in [0.1, 0.15) is 5.75 Å². The van der Waals surface area contributed by atoms with Crippen LogP contribution in [0.1, 0.15) is 33.1 Å². The molecule has 0 atom stereocenters. The number of nitrogens with zero attached hydrogens (tertiary/aromatic N) is 3. The van der Waals surface area contributed by atoms with Crippen molar-refractivity contribution >= 4 is 5.96 Å². The van der Waals surface area contributed by atoms with Crippen molar-refractivity contribution in [2.24, 2.45) is 4.99 Å². The van der Waals surface area contributed by atoms with Gasteiger partial charge in [-0.15, -0.1) is 0 Å². The fourth-order valence-electron chi connectivity index (χ4n) is 3.30. The van der Waals surface area contributed by atoms with Gasteiger partial charge in [0.2, 0.25) is 0 Å². The molecular weight excluding hydrogens is 350 g/mol. The van der Waals surface area contributed by atoms with Gasteiger partial charge in [0.15, 0.2) is 5.96 Å². The molecule has 1 aliphatic rings. The maximum atomic E-state index is 5.71. The number of unbranched alkanes of at least 4 members (excludes halogenated alkanes) is 1. The van der Waals surface area contributed by atoms with Crippen LogP contribution < -0.4 is 15.4 Å². The number of nitrogens with one attached hydrogen (secondary N) is 2. The molecule has 1 aromatic rings. The number of likely N-dealkylation sites (N-methyl/N-ethyl adjacent to an activating group) is 1. The number of piperazine rings is 1. The van der Waals surface area contributed by atoms with Gasteiger partial charge in [-0.3, -0.25) is 4.99 Å². The molecule has 1 fully saturated rings. The van der Waals surface area contributed by atoms with E-state index in [-0.39, 0.29) is 0 Å². The standard InChI is InChI=1S/C22H39N5O/c1-3-23-22(25-14-10-20-28-21-11-6-5-7-12-21)24-13-8-9-15-27-18-16-26(4-2)17-19-27/h5-7,11-12H,3-4,8-10,13-20H2,1-2H3,(H2,23,24,25). The summed E-state index contributed by atoms with van der Waals surface area (Å²) in [6.07, 6.45) is 3.33. The Balaban J connectivity index is 1.53. The van der Waals surface area contributed by atoms with Crippen LogP contribution in [0.25, 0.3) is 0 Å². The predicted octanol–water partition coefficient (Wildman–Crippen LogP) is 2.43. The summed E-state index contributed by atoms with van der Waals surface area (Å²) in [5.41, 5.74) is 0. The smallest absolute Gasteiger partial charge is 0.191 e. The first-order valence-corrected chi connectivity index (χ1v) is 11.0. The minimum atomic E-state index is 0.693. The fourth-order valence-corrected chi connectivity index (χ4v) is 3.30. The van der Waals surface area contributed by atoms with Crippen LogP contribution in [0.2, 0.25) is 0 Å². The van der Waals surface area contributed by atoms with E-state index in [0.717, 1.165) is 37.8 Å². The molecule has 2 rings (SSSR count). The molecule has 6 heteroatoms. The van der Waals surface area contributed by atoms with E-state index in [1.54, 1.807) is 0 Å². The zero-order valence-corrected chi connectivity index (χ0v) is 17.8. The van der Waals surface area contributed by atoms with Crippen molar-refractivity contribution in [3.8, 4) is 5.75 Å². The lowest BCUT2D eigenvalue weighted by Crippen LogP contribution is -2.46. The lowest BCUT2D eigenvalue weighted by atomic mass is 10.2. The Morgan fingerprint density at radius 2 is 1.71 bits per heavy atom. The Labute approximate surface area is 171 Å². The van der Waals surface area contributed by atoms with Gasteiger partial charge in [-0.1, -0.05) is 25.1 Å². The van der Waals surface area contributed by atoms with E-state index in [1.807, 2.05) is 30.3 Å². The van der Waals surface area contributed by atoms with Crippen LogP contribution in [0.5, 0.6) is 5.75 Å². The van der Waals surface area contributed by atoms with Crippen molar-refractivity contribution in [1.82, 2.24) is 20.4 Å². The zero-order valence-electron chi connectivity index (χ0n) is 17.8. The normalized spacial score (nSPS) is 16.1. The molecule has 0 aromatic heterocycles. The van der Waals surface area contributed by atoms with Gasteiger partial charge in [0.05, 0.1) is 6.61 Å². The maximum Gasteiger partial charge on any atom is 0.191 e. The van der Waals surface area contributed by atoms with Crippen LogP contribution in [0.15, 0.2) is 35.3 Å². The van der Waals surface area contributed by atoms with Gasteiger partial charge in [-0.25, -0.2) is 0 Å². The number of rotatable bonds is 12. The molecule has 1 heterocycles. The van der Waals surface area contributed by atoms with Gasteiger partial charge in [0.25, 0.3) is 0 Å². The average molecular weight is 390 g/mol. The summed E-state index contributed by atoms with van der Waals surface area (Å²) in [5.74, 6) is 1.84. The van der Waals surface area contributed by atoms with Crippen LogP contribution >= 0.6 is 0 Å². The van der Waals surface area contributed by atoms with Crippen molar-refractivity contribution in [2.75, 3.05) is 65.5 Å². The monoisotopic (exact) mass is 389 g/mol. The average Bonchev–Trinajstić information content (AvgIpc) is 2.74. The van der Waals surface area contributed by atoms with Gasteiger partial charge < -0.3 is 25.2 Å². The highest BCUT2D eigenvalue weighted by molar-refractivity contribution is 5.79. The third-order valence-corrected chi connectivity index (χ3v) is 5.03. The van der Waals surface area contributed by atoms with Crippen LogP contribution in [-0.2, 0) is 0 Å². The first-order chi connectivity index (χ1) is 13.8. The summed E-state index contributed by atoms with van der Waals surface area (Å²) in [4.78, 5) is 9.77. The number of benzene rings is 1. The molecule has 6 nitrogen and oxygen atoms in total. The van der Waals surface area contributed by atoms with Crippen LogP contribution in [0, 0.1) is 0 Å². The largest absolute Gasteiger partial charge is 0.494 e. The second kappa shape index (κ2) is 14.2. The summed E-state index contributed by atoms with van der Waals surface area (Å²) in [5, 5.41) is 6.78. The zero-order chi connectivity index (χ0) is 19.9. The Kier molecular flexibility index (Phi) is 11.4. The minimum Gasteiger partial charge on any atom is -0.494 e. The second-order valence-corrected chi connectivity index (χ2v) is 7.19. The summed E-state index contributed by atoms with van der Waals surface area (Å²) in [6.45, 7) is 14.9. The highest BCUT2D eigenvalue weighted by Crippen LogP contribution is 2.08. The molecule has 0 unspecified atom stereocenters. The van der Waals surface area contributed by atoms with Crippen LogP contribution in [0.4, 0.5) is 0 Å². The van der Waals surface area contributed by atoms with E-state index < -0.39 is 0 Å². The summed E-state index contributed by atoms with van der Waals surface area (Å²) < 4.78 is 5.71. The number of ether oxygens (including phenoxy) is 1. The molecule has 0 saturated carbocycles. The van der Waals surface area contributed by atoms with E-state index in [0.29, 0.717) is 6.61 Å². The summed E-state index contributed by atoms with van der Waals surface area (Å²) in [7, 11) is 0. The summed E-state index contributed by atoms with van der Waals surface area (Å²) in [6, 6.07) is 9.95. The lowest BCUT2D eigenvalue weighted by Gasteiger charge is -2.34. The second-order valence-electron chi connectivity index (χ2n) is 7.19. The highest BCUT2D eigenvalue weighted by atomic mass is 16.5. The number of hydrogen-bond acceptors (Lipinski definition) is 4. The van der Waals surface area contributed by atoms with Crippen molar-refractivity contribution in [3.63, 3.8) is 0 Å². The topological polar surface area (TPSA) is 52.1 Å². The Hall–Kier alpha value is -1.79. The van der Waals surface area contributed by atoms with Gasteiger partial charge in [-0.2, -0.15) is 0 Å². The van der Waals surface area contributed by atoms with E-state index in [2.05, 4.69) is 39.3 Å². The van der Waals surface area contributed by atoms with Crippen LogP contribution in [0.3, 0.4) is 0 Å². The molecule has 1 aromatic carbocycles. The maximum absolute atomic E-state index is 5.71. The van der Waals surface area contributed by atoms with Gasteiger partial charge in [-0.05, 0) is 45.0 Å². The predicted molar refractivity (Wildman–Crippen MR) is 118 cm³/mol. The molecule has 2 N–H and O–H groups in total. The summed E-state index contributed by atoms with van der Waals surface area (Å²) >= 11 is 0. The lowest BCUT2D eigenvalue weighted by molar-refractivity contribution is 0.136. The van der Waals surface area contributed by atoms with Crippen molar-refractivity contribution in [3.05, 3.63) is 30.3 Å². The third kappa shape index (κ3) is 9.42. The number of aliphatic imine (C=N–C) groups is 1. The first-order valence-electron chi connectivity index (χ1n) is 11.0. The molecule has 1 aliphatic heterocycles. The van der Waals surface area contributed by atoms with Crippen molar-refractivity contribution in [1.29, 1.82) is 0 Å². The minimum absolute atomic E-state index is 0.693. The van der Waals surface area contributed by atoms with Gasteiger partial charge in [0, 0.05) is 52.2 Å². The molecule has 28 heavy (non-hydrogen) atoms. The molecule has 0 spiro atoms. The van der Waals surface area contributed by atoms with Crippen molar-refractivity contribution < 1.29 is 4.74 Å². The van der Waals surface area contributed by atoms with E-state index in [1.165, 1.54) is 52.1 Å². The molecule has 0 radical (unpaired) electrons. The van der Waals surface area contributed by atoms with E-state index in [4.69, 9.17) is 4.74 Å². The molecule has 0 aliphatic carbocycles. The quantitative estimate of drug-likeness (QED) is 0.327. The molecule has 158 valence electrons. The van der Waals surface area contributed by atoms with Crippen molar-refractivity contribution in [2.45, 2.75) is 33.1 Å². The Morgan fingerprint density at radius 1 is 0.964 bits per heavy atom. The fraction of sp³-hybridized carbons (Fsp3) is 0.682. The molecule has 0 bridgehead atoms. The van der Waals surface area contributed by atoms with Gasteiger partial charge >= 0.3 is 0 Å². The van der Waals surface area contributed by atoms with E-state index >= 15 is 0 Å².